The molecular weight excluding hydrogens is 241 g/mol. The lowest BCUT2D eigenvalue weighted by Gasteiger charge is -2.26. The highest BCUT2D eigenvalue weighted by atomic mass is 19.1. The maximum absolute atomic E-state index is 13.0. The highest BCUT2D eigenvalue weighted by Crippen LogP contribution is 2.27. The van der Waals surface area contributed by atoms with Crippen LogP contribution in [0.4, 0.5) is 4.39 Å². The monoisotopic (exact) mass is 263 g/mol. The SMILES string of the molecule is CC(C)C(=O)N1CCCCC(c2ccc(F)cc2)C1. The second kappa shape index (κ2) is 6.18. The van der Waals surface area contributed by atoms with E-state index in [1.165, 1.54) is 12.1 Å². The van der Waals surface area contributed by atoms with E-state index >= 15 is 0 Å². The van der Waals surface area contributed by atoms with Crippen molar-refractivity contribution in [2.75, 3.05) is 13.1 Å². The Bertz CT molecular complexity index is 427. The Labute approximate surface area is 114 Å². The topological polar surface area (TPSA) is 20.3 Å². The first kappa shape index (κ1) is 14.0. The van der Waals surface area contributed by atoms with E-state index in [1.54, 1.807) is 0 Å². The van der Waals surface area contributed by atoms with E-state index in [1.807, 2.05) is 30.9 Å². The van der Waals surface area contributed by atoms with E-state index in [-0.39, 0.29) is 17.6 Å². The maximum Gasteiger partial charge on any atom is 0.225 e. The van der Waals surface area contributed by atoms with Crippen molar-refractivity contribution in [2.45, 2.75) is 39.0 Å². The molecule has 1 aliphatic rings. The van der Waals surface area contributed by atoms with Gasteiger partial charge in [-0.1, -0.05) is 32.4 Å². The van der Waals surface area contributed by atoms with Crippen molar-refractivity contribution in [3.05, 3.63) is 35.6 Å². The highest BCUT2D eigenvalue weighted by molar-refractivity contribution is 5.78. The van der Waals surface area contributed by atoms with Crippen LogP contribution in [0.1, 0.15) is 44.6 Å². The van der Waals surface area contributed by atoms with Crippen LogP contribution < -0.4 is 0 Å². The second-order valence-electron chi connectivity index (χ2n) is 5.68. The number of likely N-dealkylation sites (tertiary alicyclic amines) is 1. The Morgan fingerprint density at radius 2 is 1.95 bits per heavy atom. The van der Waals surface area contributed by atoms with E-state index in [0.717, 1.165) is 37.9 Å². The molecule has 1 aromatic rings. The number of benzene rings is 1. The van der Waals surface area contributed by atoms with Gasteiger partial charge in [-0.25, -0.2) is 4.39 Å². The summed E-state index contributed by atoms with van der Waals surface area (Å²) < 4.78 is 13.0. The van der Waals surface area contributed by atoms with Gasteiger partial charge in [0, 0.05) is 24.9 Å². The van der Waals surface area contributed by atoms with Gasteiger partial charge in [-0.05, 0) is 30.5 Å². The average Bonchev–Trinajstić information content (AvgIpc) is 2.64. The number of hydrogen-bond donors (Lipinski definition) is 0. The minimum absolute atomic E-state index is 0.0481. The minimum atomic E-state index is -0.201. The van der Waals surface area contributed by atoms with Gasteiger partial charge < -0.3 is 4.90 Å². The molecule has 0 aliphatic carbocycles. The third-order valence-electron chi connectivity index (χ3n) is 3.82. The van der Waals surface area contributed by atoms with Crippen LogP contribution in [0.25, 0.3) is 0 Å². The van der Waals surface area contributed by atoms with Gasteiger partial charge in [0.1, 0.15) is 5.82 Å². The normalized spacial score (nSPS) is 20.4. The summed E-state index contributed by atoms with van der Waals surface area (Å²) in [6.07, 6.45) is 3.27. The molecule has 1 unspecified atom stereocenters. The number of amides is 1. The minimum Gasteiger partial charge on any atom is -0.342 e. The van der Waals surface area contributed by atoms with Gasteiger partial charge in [-0.15, -0.1) is 0 Å². The third kappa shape index (κ3) is 3.55. The molecule has 0 bridgehead atoms. The van der Waals surface area contributed by atoms with Gasteiger partial charge in [0.05, 0.1) is 0 Å². The first-order valence-corrected chi connectivity index (χ1v) is 7.12. The molecule has 0 spiro atoms. The van der Waals surface area contributed by atoms with Gasteiger partial charge in [0.2, 0.25) is 5.91 Å². The van der Waals surface area contributed by atoms with Crippen LogP contribution in [0, 0.1) is 11.7 Å². The predicted molar refractivity (Wildman–Crippen MR) is 74.4 cm³/mol. The van der Waals surface area contributed by atoms with Crippen molar-refractivity contribution in [3.8, 4) is 0 Å². The Kier molecular flexibility index (Phi) is 4.56. The number of rotatable bonds is 2. The average molecular weight is 263 g/mol. The highest BCUT2D eigenvalue weighted by Gasteiger charge is 2.24. The van der Waals surface area contributed by atoms with Crippen LogP contribution >= 0.6 is 0 Å². The zero-order valence-electron chi connectivity index (χ0n) is 11.7. The van der Waals surface area contributed by atoms with E-state index in [9.17, 15) is 9.18 Å². The molecule has 2 rings (SSSR count). The zero-order valence-corrected chi connectivity index (χ0v) is 11.7. The first-order valence-electron chi connectivity index (χ1n) is 7.12. The number of hydrogen-bond acceptors (Lipinski definition) is 1. The number of carbonyl (C=O) groups is 1. The summed E-state index contributed by atoms with van der Waals surface area (Å²) in [7, 11) is 0. The summed E-state index contributed by atoms with van der Waals surface area (Å²) in [5.41, 5.74) is 1.14. The molecule has 1 saturated heterocycles. The van der Waals surface area contributed by atoms with Crippen LogP contribution in [0.15, 0.2) is 24.3 Å². The van der Waals surface area contributed by atoms with Crippen LogP contribution in [0.5, 0.6) is 0 Å². The second-order valence-corrected chi connectivity index (χ2v) is 5.68. The van der Waals surface area contributed by atoms with E-state index in [4.69, 9.17) is 0 Å². The smallest absolute Gasteiger partial charge is 0.225 e. The van der Waals surface area contributed by atoms with E-state index in [2.05, 4.69) is 0 Å². The summed E-state index contributed by atoms with van der Waals surface area (Å²) in [6, 6.07) is 6.72. The zero-order chi connectivity index (χ0) is 13.8. The molecule has 104 valence electrons. The molecule has 0 N–H and O–H groups in total. The lowest BCUT2D eigenvalue weighted by molar-refractivity contribution is -0.134. The summed E-state index contributed by atoms with van der Waals surface area (Å²) in [6.45, 7) is 5.51. The Balaban J connectivity index is 2.12. The Morgan fingerprint density at radius 3 is 2.58 bits per heavy atom. The fourth-order valence-electron chi connectivity index (χ4n) is 2.71. The molecule has 1 aliphatic heterocycles. The third-order valence-corrected chi connectivity index (χ3v) is 3.82. The van der Waals surface area contributed by atoms with Gasteiger partial charge in [0.15, 0.2) is 0 Å². The first-order chi connectivity index (χ1) is 9.08. The maximum atomic E-state index is 13.0. The lowest BCUT2D eigenvalue weighted by Crippen LogP contribution is -2.36. The molecule has 3 heteroatoms. The summed E-state index contributed by atoms with van der Waals surface area (Å²) in [5, 5.41) is 0. The van der Waals surface area contributed by atoms with E-state index in [0.29, 0.717) is 5.92 Å². The number of halogens is 1. The van der Waals surface area contributed by atoms with E-state index < -0.39 is 0 Å². The van der Waals surface area contributed by atoms with Crippen LogP contribution in [0.3, 0.4) is 0 Å². The molecule has 1 aromatic carbocycles. The van der Waals surface area contributed by atoms with Crippen LogP contribution in [-0.2, 0) is 4.79 Å². The van der Waals surface area contributed by atoms with Crippen molar-refractivity contribution < 1.29 is 9.18 Å². The van der Waals surface area contributed by atoms with Gasteiger partial charge >= 0.3 is 0 Å². The van der Waals surface area contributed by atoms with Gasteiger partial charge in [-0.3, -0.25) is 4.79 Å². The van der Waals surface area contributed by atoms with Gasteiger partial charge in [-0.2, -0.15) is 0 Å². The van der Waals surface area contributed by atoms with Crippen molar-refractivity contribution in [1.82, 2.24) is 4.90 Å². The molecule has 1 fully saturated rings. The number of nitrogens with zero attached hydrogens (tertiary/aromatic N) is 1. The Hall–Kier alpha value is -1.38. The largest absolute Gasteiger partial charge is 0.342 e. The van der Waals surface area contributed by atoms with Crippen molar-refractivity contribution in [3.63, 3.8) is 0 Å². The molecule has 0 aromatic heterocycles. The fourth-order valence-corrected chi connectivity index (χ4v) is 2.71. The predicted octanol–water partition coefficient (Wildman–Crippen LogP) is 3.58. The molecular formula is C16H22FNO. The molecule has 2 nitrogen and oxygen atoms in total. The van der Waals surface area contributed by atoms with Crippen molar-refractivity contribution in [1.29, 1.82) is 0 Å². The molecule has 1 heterocycles. The quantitative estimate of drug-likeness (QED) is 0.798. The molecule has 0 radical (unpaired) electrons. The molecule has 1 atom stereocenters. The fraction of sp³-hybridized carbons (Fsp3) is 0.562. The summed E-state index contributed by atoms with van der Waals surface area (Å²) in [4.78, 5) is 14.1. The molecule has 0 saturated carbocycles. The number of carbonyl (C=O) groups excluding carboxylic acids is 1. The van der Waals surface area contributed by atoms with Crippen LogP contribution in [-0.4, -0.2) is 23.9 Å². The van der Waals surface area contributed by atoms with Gasteiger partial charge in [0.25, 0.3) is 0 Å². The molecule has 1 amide bonds. The Morgan fingerprint density at radius 1 is 1.26 bits per heavy atom. The lowest BCUT2D eigenvalue weighted by atomic mass is 9.94. The summed E-state index contributed by atoms with van der Waals surface area (Å²) >= 11 is 0. The van der Waals surface area contributed by atoms with Crippen molar-refractivity contribution in [2.24, 2.45) is 5.92 Å². The standard InChI is InChI=1S/C16H22FNO/c1-12(2)16(19)18-10-4-3-5-14(11-18)13-6-8-15(17)9-7-13/h6-9,12,14H,3-5,10-11H2,1-2H3. The van der Waals surface area contributed by atoms with Crippen LogP contribution in [0.2, 0.25) is 0 Å². The molecule has 19 heavy (non-hydrogen) atoms. The van der Waals surface area contributed by atoms with Crippen molar-refractivity contribution >= 4 is 5.91 Å². The summed E-state index contributed by atoms with van der Waals surface area (Å²) in [5.74, 6) is 0.416.